The Bertz CT molecular complexity index is 1640. The van der Waals surface area contributed by atoms with Crippen LogP contribution in [-0.4, -0.2) is 147 Å². The number of piperazine rings is 1. The zero-order valence-corrected chi connectivity index (χ0v) is 29.2. The number of hydrogen-bond donors (Lipinski definition) is 2. The molecular weight excluding hydrogens is 647 g/mol. The summed E-state index contributed by atoms with van der Waals surface area (Å²) in [5.74, 6) is -0.0896. The Balaban J connectivity index is 1.06. The van der Waals surface area contributed by atoms with E-state index in [1.54, 1.807) is 35.8 Å². The summed E-state index contributed by atoms with van der Waals surface area (Å²) < 4.78 is 31.4. The minimum absolute atomic E-state index is 0.00864. The first-order valence-electron chi connectivity index (χ1n) is 17.3. The van der Waals surface area contributed by atoms with Crippen LogP contribution in [0.1, 0.15) is 36.8 Å². The van der Waals surface area contributed by atoms with Crippen molar-refractivity contribution in [2.45, 2.75) is 56.7 Å². The summed E-state index contributed by atoms with van der Waals surface area (Å²) in [6, 6.07) is 13.1. The highest BCUT2D eigenvalue weighted by molar-refractivity contribution is 7.88. The zero-order valence-electron chi connectivity index (χ0n) is 28.4. The predicted octanol–water partition coefficient (Wildman–Crippen LogP) is 0.821. The number of hydrogen-bond acceptors (Lipinski definition) is 8. The fourth-order valence-electron chi connectivity index (χ4n) is 7.58. The Morgan fingerprint density at radius 3 is 2.27 bits per heavy atom. The first kappa shape index (κ1) is 35.0. The van der Waals surface area contributed by atoms with Crippen molar-refractivity contribution in [3.63, 3.8) is 0 Å². The van der Waals surface area contributed by atoms with Crippen LogP contribution in [0, 0.1) is 0 Å². The number of piperidine rings is 2. The van der Waals surface area contributed by atoms with Gasteiger partial charge in [0.2, 0.25) is 10.0 Å². The summed E-state index contributed by atoms with van der Waals surface area (Å²) >= 11 is 0. The van der Waals surface area contributed by atoms with E-state index < -0.39 is 22.2 Å². The van der Waals surface area contributed by atoms with Gasteiger partial charge in [-0.15, -0.1) is 0 Å². The van der Waals surface area contributed by atoms with Gasteiger partial charge in [0.25, 0.3) is 5.91 Å². The Morgan fingerprint density at radius 2 is 1.59 bits per heavy atom. The Hall–Kier alpha value is -3.82. The summed E-state index contributed by atoms with van der Waals surface area (Å²) in [7, 11) is -1.41. The van der Waals surface area contributed by atoms with Crippen LogP contribution in [0.25, 0.3) is 0 Å². The van der Waals surface area contributed by atoms with E-state index in [1.807, 2.05) is 29.2 Å². The molecule has 4 heterocycles. The number of urea groups is 1. The maximum Gasteiger partial charge on any atom is 0.410 e. The lowest BCUT2D eigenvalue weighted by Gasteiger charge is -2.43. The number of rotatable bonds is 7. The molecule has 2 N–H and O–H groups in total. The van der Waals surface area contributed by atoms with Crippen LogP contribution >= 0.6 is 0 Å². The molecule has 0 bridgehead atoms. The summed E-state index contributed by atoms with van der Waals surface area (Å²) in [6.45, 7) is 4.74. The molecule has 3 fully saturated rings. The molecule has 13 nitrogen and oxygen atoms in total. The number of fused-ring (bicyclic) bond motifs is 1. The van der Waals surface area contributed by atoms with E-state index in [0.29, 0.717) is 77.2 Å². The van der Waals surface area contributed by atoms with E-state index >= 15 is 0 Å². The second-order valence-corrected chi connectivity index (χ2v) is 15.7. The molecule has 6 rings (SSSR count). The van der Waals surface area contributed by atoms with Gasteiger partial charge in [-0.25, -0.2) is 22.3 Å². The number of nitrogens with zero attached hydrogens (tertiary/aromatic N) is 5. The molecule has 4 aliphatic heterocycles. The number of anilines is 1. The molecule has 4 aliphatic rings. The molecule has 2 aromatic rings. The maximum atomic E-state index is 14.0. The lowest BCUT2D eigenvalue weighted by Crippen LogP contribution is -2.57. The van der Waals surface area contributed by atoms with E-state index in [-0.39, 0.29) is 36.2 Å². The molecule has 15 heteroatoms. The average Bonchev–Trinajstić information content (AvgIpc) is 3.27. The minimum atomic E-state index is -3.19. The Labute approximate surface area is 289 Å². The van der Waals surface area contributed by atoms with Gasteiger partial charge in [0.05, 0.1) is 6.26 Å². The molecule has 0 spiro atoms. The van der Waals surface area contributed by atoms with Crippen LogP contribution < -0.4 is 10.8 Å². The van der Waals surface area contributed by atoms with Crippen molar-refractivity contribution >= 4 is 47.1 Å². The van der Waals surface area contributed by atoms with E-state index in [9.17, 15) is 27.9 Å². The minimum Gasteiger partial charge on any atom is -0.509 e. The molecule has 0 saturated carbocycles. The molecule has 3 saturated heterocycles. The molecular formula is C34H47BN6O7S. The fourth-order valence-corrected chi connectivity index (χ4v) is 8.46. The third kappa shape index (κ3) is 8.33. The maximum absolute atomic E-state index is 14.0. The number of benzene rings is 2. The topological polar surface area (TPSA) is 143 Å². The second kappa shape index (κ2) is 15.0. The molecule has 0 unspecified atom stereocenters. The van der Waals surface area contributed by atoms with Crippen LogP contribution in [0.2, 0.25) is 0 Å². The number of carbonyl (C=O) groups is 3. The van der Waals surface area contributed by atoms with Crippen molar-refractivity contribution in [2.24, 2.45) is 0 Å². The number of carbonyl (C=O) groups excluding carboxylic acids is 3. The highest BCUT2D eigenvalue weighted by atomic mass is 32.2. The van der Waals surface area contributed by atoms with Gasteiger partial charge < -0.3 is 29.9 Å². The van der Waals surface area contributed by atoms with Crippen molar-refractivity contribution in [3.8, 4) is 5.75 Å². The van der Waals surface area contributed by atoms with Crippen LogP contribution in [0.4, 0.5) is 15.3 Å². The van der Waals surface area contributed by atoms with Crippen LogP contribution in [0.5, 0.6) is 5.75 Å². The summed E-state index contributed by atoms with van der Waals surface area (Å²) in [5.41, 5.74) is 3.40. The van der Waals surface area contributed by atoms with Crippen molar-refractivity contribution in [1.29, 1.82) is 0 Å². The molecule has 1 atom stereocenters. The number of ether oxygens (including phenoxy) is 1. The third-order valence-corrected chi connectivity index (χ3v) is 11.8. The van der Waals surface area contributed by atoms with Crippen molar-refractivity contribution in [2.75, 3.05) is 70.5 Å². The van der Waals surface area contributed by atoms with Gasteiger partial charge in [0, 0.05) is 83.1 Å². The van der Waals surface area contributed by atoms with Gasteiger partial charge in [-0.2, -0.15) is 0 Å². The highest BCUT2D eigenvalue weighted by Crippen LogP contribution is 2.26. The molecule has 2 aromatic carbocycles. The fraction of sp³-hybridized carbons (Fsp3) is 0.559. The van der Waals surface area contributed by atoms with Crippen molar-refractivity contribution < 1.29 is 32.6 Å². The summed E-state index contributed by atoms with van der Waals surface area (Å²) in [6.07, 6.45) is 3.35. The molecule has 264 valence electrons. The normalized spacial score (nSPS) is 21.1. The molecule has 49 heavy (non-hydrogen) atoms. The van der Waals surface area contributed by atoms with Crippen molar-refractivity contribution in [3.05, 3.63) is 53.6 Å². The van der Waals surface area contributed by atoms with Crippen molar-refractivity contribution in [1.82, 2.24) is 23.9 Å². The lowest BCUT2D eigenvalue weighted by molar-refractivity contribution is -0.143. The zero-order chi connectivity index (χ0) is 34.7. The van der Waals surface area contributed by atoms with E-state index in [2.05, 4.69) is 10.2 Å². The van der Waals surface area contributed by atoms with Crippen LogP contribution in [-0.2, 0) is 32.4 Å². The number of amides is 4. The molecule has 0 aromatic heterocycles. The number of aromatic hydroxyl groups is 1. The standard InChI is InChI=1S/C34H47BN6O7S/c1-49(46,47)40-15-11-26(12-16-40)37-18-20-38(21-19-37)32(43)31(23-24-6-7-30(42)28(35)22-24)48-34(45)39-13-9-27(10-14-39)41-17-8-25-4-2-3-5-29(25)36-33(41)44/h2-7,22,26-27,31,42H,8-21,23,35H2,1H3,(H,36,44)/t31-/m1/s1. The SMILES string of the molecule is Bc1cc(C[C@@H](OC(=O)N2CCC(N3CCc4ccccc4NC3=O)CC2)C(=O)N2CCN(C3CCN(S(C)(=O)=O)CC3)CC2)ccc1O. The number of phenolic OH excluding ortho intramolecular Hbond substituents is 1. The second-order valence-electron chi connectivity index (χ2n) is 13.7. The molecule has 4 amide bonds. The van der Waals surface area contributed by atoms with Gasteiger partial charge in [-0.05, 0) is 60.8 Å². The first-order chi connectivity index (χ1) is 23.5. The highest BCUT2D eigenvalue weighted by Gasteiger charge is 2.37. The van der Waals surface area contributed by atoms with Gasteiger partial charge in [-0.3, -0.25) is 9.69 Å². The Morgan fingerprint density at radius 1 is 0.918 bits per heavy atom. The van der Waals surface area contributed by atoms with Gasteiger partial charge in [-0.1, -0.05) is 30.3 Å². The van der Waals surface area contributed by atoms with E-state index in [4.69, 9.17) is 4.74 Å². The molecule has 0 aliphatic carbocycles. The summed E-state index contributed by atoms with van der Waals surface area (Å²) in [5, 5.41) is 13.1. The molecule has 0 radical (unpaired) electrons. The Kier molecular flexibility index (Phi) is 10.7. The number of phenols is 1. The van der Waals surface area contributed by atoms with Crippen LogP contribution in [0.15, 0.2) is 42.5 Å². The van der Waals surface area contributed by atoms with Gasteiger partial charge in [0.1, 0.15) is 13.6 Å². The number of nitrogens with one attached hydrogen (secondary N) is 1. The predicted molar refractivity (Wildman–Crippen MR) is 188 cm³/mol. The van der Waals surface area contributed by atoms with Crippen LogP contribution in [0.3, 0.4) is 0 Å². The van der Waals surface area contributed by atoms with E-state index in [1.165, 1.54) is 10.6 Å². The van der Waals surface area contributed by atoms with Gasteiger partial charge in [0.15, 0.2) is 6.10 Å². The lowest BCUT2D eigenvalue weighted by atomic mass is 9.91. The summed E-state index contributed by atoms with van der Waals surface area (Å²) in [4.78, 5) is 48.2. The smallest absolute Gasteiger partial charge is 0.410 e. The first-order valence-corrected chi connectivity index (χ1v) is 19.2. The monoisotopic (exact) mass is 694 g/mol. The number of likely N-dealkylation sites (tertiary alicyclic amines) is 1. The third-order valence-electron chi connectivity index (χ3n) is 10.5. The van der Waals surface area contributed by atoms with E-state index in [0.717, 1.165) is 36.1 Å². The quantitative estimate of drug-likeness (QED) is 0.406. The largest absolute Gasteiger partial charge is 0.509 e. The number of sulfonamides is 1. The average molecular weight is 695 g/mol. The van der Waals surface area contributed by atoms with Gasteiger partial charge >= 0.3 is 12.1 Å². The number of para-hydroxylation sites is 1.